The highest BCUT2D eigenvalue weighted by molar-refractivity contribution is 5.76. The summed E-state index contributed by atoms with van der Waals surface area (Å²) in [4.78, 5) is 23.8. The fraction of sp³-hybridized carbons (Fsp3) is 0.857. The standard InChI is InChI=1S/C14H19F3N4O3/c1-10(21(19-23)11-5-2-3-6-11)20-8-4-7-13(20,9-18)24-12(22)14(15,16)17/h10-11H,2-8H2,1H3/t10-,13-/m1/s1. The number of carbonyl (C=O) groups is 1. The number of hydrogen-bond donors (Lipinski definition) is 0. The maximum atomic E-state index is 12.5. The van der Waals surface area contributed by atoms with Gasteiger partial charge in [0.1, 0.15) is 12.2 Å². The van der Waals surface area contributed by atoms with Crippen molar-refractivity contribution in [1.82, 2.24) is 9.91 Å². The Labute approximate surface area is 137 Å². The van der Waals surface area contributed by atoms with Crippen LogP contribution in [-0.4, -0.2) is 46.5 Å². The number of esters is 1. The molecule has 2 atom stereocenters. The molecule has 1 heterocycles. The second-order valence-electron chi connectivity index (χ2n) is 6.11. The first kappa shape index (κ1) is 18.4. The largest absolute Gasteiger partial charge is 0.491 e. The minimum atomic E-state index is -5.19. The Morgan fingerprint density at radius 3 is 2.54 bits per heavy atom. The smallest absolute Gasteiger partial charge is 0.423 e. The number of nitriles is 1. The van der Waals surface area contributed by atoms with Gasteiger partial charge in [0, 0.05) is 13.0 Å². The number of alkyl halides is 3. The number of halogens is 3. The number of carbonyl (C=O) groups excluding carboxylic acids is 1. The molecule has 2 aliphatic rings. The molecule has 2 rings (SSSR count). The van der Waals surface area contributed by atoms with Crippen molar-refractivity contribution in [2.75, 3.05) is 6.54 Å². The molecule has 0 N–H and O–H groups in total. The fourth-order valence-electron chi connectivity index (χ4n) is 3.52. The van der Waals surface area contributed by atoms with Crippen LogP contribution in [0.5, 0.6) is 0 Å². The molecule has 0 radical (unpaired) electrons. The minimum absolute atomic E-state index is 0.0486. The van der Waals surface area contributed by atoms with E-state index in [1.54, 1.807) is 13.0 Å². The average molecular weight is 348 g/mol. The molecule has 0 spiro atoms. The van der Waals surface area contributed by atoms with Gasteiger partial charge in [-0.2, -0.15) is 18.4 Å². The van der Waals surface area contributed by atoms with Crippen LogP contribution in [0.4, 0.5) is 13.2 Å². The number of ether oxygens (including phenoxy) is 1. The Morgan fingerprint density at radius 1 is 1.42 bits per heavy atom. The van der Waals surface area contributed by atoms with Crippen molar-refractivity contribution in [3.63, 3.8) is 0 Å². The van der Waals surface area contributed by atoms with Crippen LogP contribution in [0.2, 0.25) is 0 Å². The van der Waals surface area contributed by atoms with Gasteiger partial charge in [-0.15, -0.1) is 4.91 Å². The normalized spacial score (nSPS) is 26.8. The summed E-state index contributed by atoms with van der Waals surface area (Å²) >= 11 is 0. The van der Waals surface area contributed by atoms with E-state index in [0.717, 1.165) is 25.7 Å². The van der Waals surface area contributed by atoms with Crippen LogP contribution in [-0.2, 0) is 9.53 Å². The van der Waals surface area contributed by atoms with E-state index in [9.17, 15) is 28.1 Å². The summed E-state index contributed by atoms with van der Waals surface area (Å²) in [5.74, 6) is -2.41. The van der Waals surface area contributed by atoms with Crippen LogP contribution in [0.1, 0.15) is 45.4 Å². The Morgan fingerprint density at radius 2 is 2.04 bits per heavy atom. The third-order valence-electron chi connectivity index (χ3n) is 4.67. The summed E-state index contributed by atoms with van der Waals surface area (Å²) < 4.78 is 42.1. The van der Waals surface area contributed by atoms with E-state index in [1.807, 2.05) is 0 Å². The Bertz CT molecular complexity index is 530. The molecule has 1 saturated heterocycles. The molecule has 134 valence electrons. The lowest BCUT2D eigenvalue weighted by Gasteiger charge is -2.40. The summed E-state index contributed by atoms with van der Waals surface area (Å²) in [5, 5.41) is 13.7. The first-order valence-electron chi connectivity index (χ1n) is 7.85. The van der Waals surface area contributed by atoms with E-state index in [4.69, 9.17) is 0 Å². The van der Waals surface area contributed by atoms with Crippen molar-refractivity contribution in [3.8, 4) is 6.07 Å². The van der Waals surface area contributed by atoms with Crippen molar-refractivity contribution < 1.29 is 22.7 Å². The Hall–Kier alpha value is -1.89. The molecule has 1 aliphatic carbocycles. The molecule has 24 heavy (non-hydrogen) atoms. The third-order valence-corrected chi connectivity index (χ3v) is 4.67. The number of likely N-dealkylation sites (tertiary alicyclic amines) is 1. The van der Waals surface area contributed by atoms with Crippen LogP contribution < -0.4 is 0 Å². The van der Waals surface area contributed by atoms with Gasteiger partial charge < -0.3 is 4.74 Å². The first-order valence-corrected chi connectivity index (χ1v) is 7.85. The van der Waals surface area contributed by atoms with Crippen LogP contribution in [0, 0.1) is 16.2 Å². The Kier molecular flexibility index (Phi) is 5.32. The molecule has 0 amide bonds. The fourth-order valence-corrected chi connectivity index (χ4v) is 3.52. The molecule has 2 fully saturated rings. The van der Waals surface area contributed by atoms with Gasteiger partial charge >= 0.3 is 12.1 Å². The summed E-state index contributed by atoms with van der Waals surface area (Å²) in [5.41, 5.74) is -2.03. The Balaban J connectivity index is 2.21. The highest BCUT2D eigenvalue weighted by Gasteiger charge is 2.53. The van der Waals surface area contributed by atoms with Gasteiger partial charge in [-0.25, -0.2) is 14.7 Å². The molecule has 0 unspecified atom stereocenters. The second-order valence-corrected chi connectivity index (χ2v) is 6.11. The molecule has 0 aromatic carbocycles. The van der Waals surface area contributed by atoms with Gasteiger partial charge in [-0.1, -0.05) is 12.8 Å². The zero-order valence-electron chi connectivity index (χ0n) is 13.3. The van der Waals surface area contributed by atoms with Crippen molar-refractivity contribution >= 4 is 5.97 Å². The number of hydrogen-bond acceptors (Lipinski definition) is 6. The van der Waals surface area contributed by atoms with E-state index in [-0.39, 0.29) is 19.0 Å². The molecule has 1 aliphatic heterocycles. The summed E-state index contributed by atoms with van der Waals surface area (Å²) in [6, 6.07) is 1.58. The molecule has 0 aromatic heterocycles. The average Bonchev–Trinajstić information content (AvgIpc) is 3.17. The number of nitrogens with zero attached hydrogens (tertiary/aromatic N) is 4. The predicted octanol–water partition coefficient (Wildman–Crippen LogP) is 2.68. The molecule has 1 saturated carbocycles. The maximum Gasteiger partial charge on any atom is 0.491 e. The van der Waals surface area contributed by atoms with Gasteiger partial charge in [0.2, 0.25) is 0 Å². The predicted molar refractivity (Wildman–Crippen MR) is 75.8 cm³/mol. The molecule has 7 nitrogen and oxygen atoms in total. The third kappa shape index (κ3) is 3.45. The second kappa shape index (κ2) is 6.93. The van der Waals surface area contributed by atoms with Crippen molar-refractivity contribution in [2.45, 2.75) is 69.6 Å². The lowest BCUT2D eigenvalue weighted by Crippen LogP contribution is -2.57. The quantitative estimate of drug-likeness (QED) is 0.431. The highest BCUT2D eigenvalue weighted by atomic mass is 19.4. The van der Waals surface area contributed by atoms with Gasteiger partial charge in [0.15, 0.2) is 0 Å². The lowest BCUT2D eigenvalue weighted by atomic mass is 10.1. The molecule has 10 heteroatoms. The molecular weight excluding hydrogens is 329 g/mol. The SMILES string of the molecule is C[C@@H](N(N=O)C1CCCC1)N1CCC[C@]1(C#N)OC(=O)C(F)(F)F. The monoisotopic (exact) mass is 348 g/mol. The highest BCUT2D eigenvalue weighted by Crippen LogP contribution is 2.37. The van der Waals surface area contributed by atoms with Crippen molar-refractivity contribution in [1.29, 1.82) is 5.26 Å². The van der Waals surface area contributed by atoms with E-state index in [1.165, 1.54) is 9.91 Å². The summed E-state index contributed by atoms with van der Waals surface area (Å²) in [6.45, 7) is 1.82. The molecule has 0 aromatic rings. The minimum Gasteiger partial charge on any atom is -0.423 e. The van der Waals surface area contributed by atoms with E-state index < -0.39 is 24.0 Å². The van der Waals surface area contributed by atoms with E-state index >= 15 is 0 Å². The zero-order valence-corrected chi connectivity index (χ0v) is 13.3. The molecule has 0 bridgehead atoms. The van der Waals surface area contributed by atoms with Gasteiger partial charge in [0.05, 0.1) is 11.3 Å². The van der Waals surface area contributed by atoms with Crippen LogP contribution in [0.15, 0.2) is 5.29 Å². The molecular formula is C14H19F3N4O3. The van der Waals surface area contributed by atoms with Gasteiger partial charge in [-0.3, -0.25) is 0 Å². The van der Waals surface area contributed by atoms with Crippen LogP contribution in [0.3, 0.4) is 0 Å². The van der Waals surface area contributed by atoms with E-state index in [2.05, 4.69) is 10.0 Å². The lowest BCUT2D eigenvalue weighted by molar-refractivity contribution is -0.224. The van der Waals surface area contributed by atoms with Crippen molar-refractivity contribution in [3.05, 3.63) is 4.91 Å². The summed E-state index contributed by atoms with van der Waals surface area (Å²) in [6.07, 6.45) is -2.21. The van der Waals surface area contributed by atoms with E-state index in [0.29, 0.717) is 6.42 Å². The van der Waals surface area contributed by atoms with Crippen LogP contribution >= 0.6 is 0 Å². The number of nitroso groups, excluding NO2 is 1. The topological polar surface area (TPSA) is 86.0 Å². The zero-order chi connectivity index (χ0) is 18.0. The number of rotatable bonds is 5. The first-order chi connectivity index (χ1) is 11.2. The maximum absolute atomic E-state index is 12.5. The van der Waals surface area contributed by atoms with Crippen molar-refractivity contribution in [2.24, 2.45) is 5.29 Å². The van der Waals surface area contributed by atoms with Gasteiger partial charge in [0.25, 0.3) is 5.72 Å². The van der Waals surface area contributed by atoms with Gasteiger partial charge in [-0.05, 0) is 26.2 Å². The summed E-state index contributed by atoms with van der Waals surface area (Å²) in [7, 11) is 0. The van der Waals surface area contributed by atoms with Crippen LogP contribution in [0.25, 0.3) is 0 Å².